The first-order valence-electron chi connectivity index (χ1n) is 6.73. The van der Waals surface area contributed by atoms with E-state index in [1.807, 2.05) is 31.4 Å². The Balaban J connectivity index is 2.53. The van der Waals surface area contributed by atoms with Gasteiger partial charge in [-0.25, -0.2) is 9.37 Å². The Morgan fingerprint density at radius 2 is 2.10 bits per heavy atom. The van der Waals surface area contributed by atoms with Gasteiger partial charge in [0.25, 0.3) is 0 Å². The Bertz CT molecular complexity index is 622. The molecule has 0 aliphatic rings. The molecule has 0 fully saturated rings. The van der Waals surface area contributed by atoms with E-state index in [-0.39, 0.29) is 17.3 Å². The SMILES string of the molecule is CCOC(C)(C)Cn1c(CCl)nc2cc(F)c(C)cc21. The van der Waals surface area contributed by atoms with Crippen LogP contribution >= 0.6 is 11.6 Å². The second kappa shape index (κ2) is 5.70. The minimum atomic E-state index is -0.328. The van der Waals surface area contributed by atoms with Crippen molar-refractivity contribution in [2.75, 3.05) is 6.61 Å². The van der Waals surface area contributed by atoms with Crippen molar-refractivity contribution in [3.8, 4) is 0 Å². The van der Waals surface area contributed by atoms with Gasteiger partial charge < -0.3 is 9.30 Å². The molecule has 0 saturated heterocycles. The summed E-state index contributed by atoms with van der Waals surface area (Å²) in [5.74, 6) is 0.782. The van der Waals surface area contributed by atoms with Crippen LogP contribution in [0.5, 0.6) is 0 Å². The van der Waals surface area contributed by atoms with Crippen LogP contribution in [0.3, 0.4) is 0 Å². The van der Waals surface area contributed by atoms with Crippen molar-refractivity contribution in [1.82, 2.24) is 9.55 Å². The van der Waals surface area contributed by atoms with Gasteiger partial charge in [0.2, 0.25) is 0 Å². The summed E-state index contributed by atoms with van der Waals surface area (Å²) < 4.78 is 21.4. The normalized spacial score (nSPS) is 12.3. The maximum Gasteiger partial charge on any atom is 0.128 e. The highest BCUT2D eigenvalue weighted by molar-refractivity contribution is 6.16. The Morgan fingerprint density at radius 3 is 2.70 bits per heavy atom. The molecule has 0 atom stereocenters. The highest BCUT2D eigenvalue weighted by Crippen LogP contribution is 2.24. The summed E-state index contributed by atoms with van der Waals surface area (Å²) >= 11 is 5.97. The zero-order valence-electron chi connectivity index (χ0n) is 12.3. The molecule has 1 aromatic carbocycles. The minimum Gasteiger partial charge on any atom is -0.374 e. The number of imidazole rings is 1. The summed E-state index contributed by atoms with van der Waals surface area (Å²) in [6.45, 7) is 9.04. The molecule has 1 heterocycles. The molecule has 5 heteroatoms. The molecule has 0 N–H and O–H groups in total. The van der Waals surface area contributed by atoms with Gasteiger partial charge in [0, 0.05) is 12.7 Å². The molecule has 0 aliphatic carbocycles. The number of aromatic nitrogens is 2. The molecule has 0 saturated carbocycles. The van der Waals surface area contributed by atoms with Gasteiger partial charge in [-0.05, 0) is 39.3 Å². The number of halogens is 2. The van der Waals surface area contributed by atoms with Crippen LogP contribution in [-0.2, 0) is 17.2 Å². The van der Waals surface area contributed by atoms with Crippen LogP contribution in [0.2, 0.25) is 0 Å². The third-order valence-electron chi connectivity index (χ3n) is 3.30. The van der Waals surface area contributed by atoms with Gasteiger partial charge in [0.05, 0.1) is 29.1 Å². The maximum absolute atomic E-state index is 13.6. The predicted octanol–water partition coefficient (Wildman–Crippen LogP) is 4.04. The molecule has 3 nitrogen and oxygen atoms in total. The fourth-order valence-corrected chi connectivity index (χ4v) is 2.60. The van der Waals surface area contributed by atoms with E-state index in [1.54, 1.807) is 6.92 Å². The molecule has 0 amide bonds. The van der Waals surface area contributed by atoms with Crippen LogP contribution in [0.1, 0.15) is 32.2 Å². The molecular formula is C15H20ClFN2O. The van der Waals surface area contributed by atoms with Crippen molar-refractivity contribution >= 4 is 22.6 Å². The molecule has 2 rings (SSSR count). The van der Waals surface area contributed by atoms with Gasteiger partial charge in [0.15, 0.2) is 0 Å². The molecule has 0 bridgehead atoms. The van der Waals surface area contributed by atoms with Crippen molar-refractivity contribution < 1.29 is 9.13 Å². The largest absolute Gasteiger partial charge is 0.374 e. The topological polar surface area (TPSA) is 27.1 Å². The number of rotatable bonds is 5. The number of benzene rings is 1. The molecule has 0 radical (unpaired) electrons. The highest BCUT2D eigenvalue weighted by Gasteiger charge is 2.22. The molecule has 0 spiro atoms. The van der Waals surface area contributed by atoms with E-state index in [0.29, 0.717) is 24.2 Å². The monoisotopic (exact) mass is 298 g/mol. The Labute approximate surface area is 123 Å². The Morgan fingerprint density at radius 1 is 1.40 bits per heavy atom. The molecular weight excluding hydrogens is 279 g/mol. The first kappa shape index (κ1) is 15.3. The molecule has 2 aromatic rings. The molecule has 0 aliphatic heterocycles. The second-order valence-corrected chi connectivity index (χ2v) is 5.80. The van der Waals surface area contributed by atoms with Crippen LogP contribution in [0.25, 0.3) is 11.0 Å². The second-order valence-electron chi connectivity index (χ2n) is 5.53. The highest BCUT2D eigenvalue weighted by atomic mass is 35.5. The number of nitrogens with zero attached hydrogens (tertiary/aromatic N) is 2. The van der Waals surface area contributed by atoms with Crippen molar-refractivity contribution in [3.63, 3.8) is 0 Å². The van der Waals surface area contributed by atoms with Crippen molar-refractivity contribution in [2.45, 2.75) is 45.7 Å². The lowest BCUT2D eigenvalue weighted by Gasteiger charge is -2.26. The third kappa shape index (κ3) is 2.96. The molecule has 0 unspecified atom stereocenters. The van der Waals surface area contributed by atoms with Crippen LogP contribution in [0.15, 0.2) is 12.1 Å². The quantitative estimate of drug-likeness (QED) is 0.779. The summed E-state index contributed by atoms with van der Waals surface area (Å²) in [6, 6.07) is 3.28. The molecule has 1 aromatic heterocycles. The van der Waals surface area contributed by atoms with E-state index < -0.39 is 0 Å². The van der Waals surface area contributed by atoms with Gasteiger partial charge in [-0.1, -0.05) is 0 Å². The van der Waals surface area contributed by atoms with Gasteiger partial charge in [-0.3, -0.25) is 0 Å². The van der Waals surface area contributed by atoms with E-state index >= 15 is 0 Å². The predicted molar refractivity (Wildman–Crippen MR) is 79.7 cm³/mol. The Kier molecular flexibility index (Phi) is 4.35. The maximum atomic E-state index is 13.6. The summed E-state index contributed by atoms with van der Waals surface area (Å²) in [6.07, 6.45) is 0. The number of hydrogen-bond acceptors (Lipinski definition) is 2. The lowest BCUT2D eigenvalue weighted by molar-refractivity contribution is -0.0220. The van der Waals surface area contributed by atoms with Crippen LogP contribution in [0.4, 0.5) is 4.39 Å². The first-order chi connectivity index (χ1) is 9.38. The number of hydrogen-bond donors (Lipinski definition) is 0. The zero-order valence-corrected chi connectivity index (χ0v) is 13.1. The van der Waals surface area contributed by atoms with Crippen molar-refractivity contribution in [2.24, 2.45) is 0 Å². The average Bonchev–Trinajstić information content (AvgIpc) is 2.67. The average molecular weight is 299 g/mol. The van der Waals surface area contributed by atoms with E-state index in [1.165, 1.54) is 6.07 Å². The fraction of sp³-hybridized carbons (Fsp3) is 0.533. The standard InChI is InChI=1S/C15H20ClFN2O/c1-5-20-15(3,4)9-19-13-6-10(2)11(17)7-12(13)18-14(19)8-16/h6-7H,5,8-9H2,1-4H3. The van der Waals surface area contributed by atoms with E-state index in [2.05, 4.69) is 4.98 Å². The fourth-order valence-electron chi connectivity index (χ4n) is 2.40. The zero-order chi connectivity index (χ0) is 14.9. The van der Waals surface area contributed by atoms with Crippen molar-refractivity contribution in [1.29, 1.82) is 0 Å². The number of aryl methyl sites for hydroxylation is 1. The van der Waals surface area contributed by atoms with Gasteiger partial charge >= 0.3 is 0 Å². The molecule has 20 heavy (non-hydrogen) atoms. The lowest BCUT2D eigenvalue weighted by Crippen LogP contribution is -2.31. The summed E-state index contributed by atoms with van der Waals surface area (Å²) in [7, 11) is 0. The summed E-state index contributed by atoms with van der Waals surface area (Å²) in [5, 5.41) is 0. The third-order valence-corrected chi connectivity index (χ3v) is 3.54. The van der Waals surface area contributed by atoms with E-state index in [0.717, 1.165) is 11.3 Å². The van der Waals surface area contributed by atoms with Gasteiger partial charge in [-0.15, -0.1) is 11.6 Å². The van der Waals surface area contributed by atoms with Crippen LogP contribution in [0, 0.1) is 12.7 Å². The lowest BCUT2D eigenvalue weighted by atomic mass is 10.1. The van der Waals surface area contributed by atoms with Crippen LogP contribution < -0.4 is 0 Å². The number of alkyl halides is 1. The number of ether oxygens (including phenoxy) is 1. The minimum absolute atomic E-state index is 0.243. The molecule has 110 valence electrons. The van der Waals surface area contributed by atoms with Gasteiger partial charge in [0.1, 0.15) is 11.6 Å². The van der Waals surface area contributed by atoms with Gasteiger partial charge in [-0.2, -0.15) is 0 Å². The van der Waals surface area contributed by atoms with Crippen molar-refractivity contribution in [3.05, 3.63) is 29.3 Å². The first-order valence-corrected chi connectivity index (χ1v) is 7.26. The summed E-state index contributed by atoms with van der Waals surface area (Å²) in [4.78, 5) is 4.41. The summed E-state index contributed by atoms with van der Waals surface area (Å²) in [5.41, 5.74) is 1.81. The number of fused-ring (bicyclic) bond motifs is 1. The van der Waals surface area contributed by atoms with E-state index in [4.69, 9.17) is 16.3 Å². The van der Waals surface area contributed by atoms with E-state index in [9.17, 15) is 4.39 Å². The smallest absolute Gasteiger partial charge is 0.128 e. The Hall–Kier alpha value is -1.13. The van der Waals surface area contributed by atoms with Crippen LogP contribution in [-0.4, -0.2) is 21.8 Å².